The van der Waals surface area contributed by atoms with E-state index < -0.39 is 0 Å². The highest BCUT2D eigenvalue weighted by atomic mass is 15.1. The summed E-state index contributed by atoms with van der Waals surface area (Å²) in [6, 6.07) is 34.9. The molecule has 2 aliphatic carbocycles. The number of benzene rings is 3. The van der Waals surface area contributed by atoms with Crippen molar-refractivity contribution in [3.8, 4) is 0 Å². The third-order valence-corrected chi connectivity index (χ3v) is 8.49. The van der Waals surface area contributed by atoms with Crippen molar-refractivity contribution in [2.45, 2.75) is 56.3 Å². The Hall–Kier alpha value is -2.42. The van der Waals surface area contributed by atoms with E-state index in [1.54, 1.807) is 0 Å². The smallest absolute Gasteiger partial charge is 0.0336 e. The molecule has 2 N–H and O–H groups in total. The summed E-state index contributed by atoms with van der Waals surface area (Å²) in [6.45, 7) is 0.945. The molecule has 2 heteroatoms. The van der Waals surface area contributed by atoms with Gasteiger partial charge in [-0.05, 0) is 47.3 Å². The molecule has 0 aromatic heterocycles. The van der Waals surface area contributed by atoms with Crippen molar-refractivity contribution in [2.75, 3.05) is 0 Å². The lowest BCUT2D eigenvalue weighted by Gasteiger charge is -2.49. The number of nitrogens with one attached hydrogen (secondary N) is 2. The average molecular weight is 423 g/mol. The van der Waals surface area contributed by atoms with Crippen molar-refractivity contribution in [1.29, 1.82) is 0 Å². The van der Waals surface area contributed by atoms with Gasteiger partial charge >= 0.3 is 0 Å². The lowest BCUT2D eigenvalue weighted by atomic mass is 9.66. The van der Waals surface area contributed by atoms with Crippen molar-refractivity contribution in [3.63, 3.8) is 0 Å². The van der Waals surface area contributed by atoms with Crippen LogP contribution in [0.15, 0.2) is 91.0 Å². The van der Waals surface area contributed by atoms with Crippen LogP contribution in [0.25, 0.3) is 0 Å². The zero-order valence-electron chi connectivity index (χ0n) is 18.7. The summed E-state index contributed by atoms with van der Waals surface area (Å²) in [4.78, 5) is 0. The normalized spacial score (nSPS) is 31.0. The fourth-order valence-electron chi connectivity index (χ4n) is 7.26. The van der Waals surface area contributed by atoms with Gasteiger partial charge in [0.2, 0.25) is 0 Å². The van der Waals surface area contributed by atoms with Crippen LogP contribution in [0.4, 0.5) is 0 Å². The van der Waals surface area contributed by atoms with Gasteiger partial charge in [-0.25, -0.2) is 0 Å². The largest absolute Gasteiger partial charge is 0.308 e. The fraction of sp³-hybridized carbons (Fsp3) is 0.400. The van der Waals surface area contributed by atoms with Gasteiger partial charge in [0, 0.05) is 30.6 Å². The maximum absolute atomic E-state index is 4.24. The zero-order chi connectivity index (χ0) is 21.3. The van der Waals surface area contributed by atoms with E-state index >= 15 is 0 Å². The maximum Gasteiger partial charge on any atom is 0.0336 e. The Morgan fingerprint density at radius 1 is 0.781 bits per heavy atom. The molecule has 2 nitrogen and oxygen atoms in total. The predicted octanol–water partition coefficient (Wildman–Crippen LogP) is 5.75. The minimum atomic E-state index is 0.356. The van der Waals surface area contributed by atoms with Crippen LogP contribution in [0.3, 0.4) is 0 Å². The molecular weight excluding hydrogens is 388 g/mol. The molecule has 0 amide bonds. The maximum atomic E-state index is 4.24. The SMILES string of the molecule is c1ccc(CNC2C(C(c3ccccc3)c3ccccc3)NC3CC4CCCC3C42)cc1. The van der Waals surface area contributed by atoms with Gasteiger partial charge in [-0.2, -0.15) is 0 Å². The van der Waals surface area contributed by atoms with Crippen molar-refractivity contribution >= 4 is 0 Å². The van der Waals surface area contributed by atoms with Gasteiger partial charge in [0.15, 0.2) is 0 Å². The minimum Gasteiger partial charge on any atom is -0.308 e. The molecule has 164 valence electrons. The Kier molecular flexibility index (Phi) is 5.58. The van der Waals surface area contributed by atoms with Crippen LogP contribution in [-0.2, 0) is 6.54 Å². The molecule has 1 heterocycles. The Morgan fingerprint density at radius 3 is 2.06 bits per heavy atom. The minimum absolute atomic E-state index is 0.356. The van der Waals surface area contributed by atoms with Gasteiger partial charge in [0.05, 0.1) is 0 Å². The van der Waals surface area contributed by atoms with Gasteiger partial charge in [0.25, 0.3) is 0 Å². The number of rotatable bonds is 6. The van der Waals surface area contributed by atoms with Gasteiger partial charge in [-0.3, -0.25) is 0 Å². The summed E-state index contributed by atoms with van der Waals surface area (Å²) in [7, 11) is 0. The van der Waals surface area contributed by atoms with Gasteiger partial charge < -0.3 is 10.6 Å². The Morgan fingerprint density at radius 2 is 1.41 bits per heavy atom. The van der Waals surface area contributed by atoms with E-state index in [1.165, 1.54) is 42.4 Å². The molecule has 0 spiro atoms. The number of piperidine rings is 1. The molecule has 3 aromatic rings. The van der Waals surface area contributed by atoms with E-state index in [0.29, 0.717) is 24.0 Å². The summed E-state index contributed by atoms with van der Waals surface area (Å²) in [5.74, 6) is 2.86. The topological polar surface area (TPSA) is 24.1 Å². The Bertz CT molecular complexity index is 963. The lowest BCUT2D eigenvalue weighted by Crippen LogP contribution is -2.63. The first kappa shape index (κ1) is 20.2. The third-order valence-electron chi connectivity index (χ3n) is 8.49. The first-order chi connectivity index (χ1) is 15.9. The molecule has 6 unspecified atom stereocenters. The Labute approximate surface area is 192 Å². The van der Waals surface area contributed by atoms with Crippen LogP contribution in [0.5, 0.6) is 0 Å². The molecular formula is C30H34N2. The summed E-state index contributed by atoms with van der Waals surface area (Å²) in [5.41, 5.74) is 4.23. The molecule has 1 aliphatic heterocycles. The second kappa shape index (κ2) is 8.84. The summed E-state index contributed by atoms with van der Waals surface area (Å²) in [6.07, 6.45) is 5.60. The molecule has 32 heavy (non-hydrogen) atoms. The van der Waals surface area contributed by atoms with Crippen molar-refractivity contribution in [1.82, 2.24) is 10.6 Å². The molecule has 6 rings (SSSR count). The van der Waals surface area contributed by atoms with Crippen LogP contribution in [0, 0.1) is 17.8 Å². The van der Waals surface area contributed by atoms with Crippen LogP contribution >= 0.6 is 0 Å². The van der Waals surface area contributed by atoms with Crippen LogP contribution < -0.4 is 10.6 Å². The lowest BCUT2D eigenvalue weighted by molar-refractivity contribution is 0.0920. The average Bonchev–Trinajstić information content (AvgIpc) is 2.99. The molecule has 3 aromatic carbocycles. The standard InChI is InChI=1S/C30H34N2/c1-4-11-21(12-5-1)20-31-29-28-24-17-10-18-25(28)26(19-24)32-30(29)27(22-13-6-2-7-14-22)23-15-8-3-9-16-23/h1-9,11-16,24-32H,10,17-20H2. The van der Waals surface area contributed by atoms with Crippen LogP contribution in [0.1, 0.15) is 48.3 Å². The number of hydrogen-bond acceptors (Lipinski definition) is 2. The molecule has 0 radical (unpaired) electrons. The summed E-state index contributed by atoms with van der Waals surface area (Å²) >= 11 is 0. The molecule has 1 saturated heterocycles. The predicted molar refractivity (Wildman–Crippen MR) is 131 cm³/mol. The van der Waals surface area contributed by atoms with Crippen LogP contribution in [0.2, 0.25) is 0 Å². The second-order valence-corrected chi connectivity index (χ2v) is 10.2. The van der Waals surface area contributed by atoms with E-state index in [-0.39, 0.29) is 0 Å². The highest BCUT2D eigenvalue weighted by molar-refractivity contribution is 5.36. The quantitative estimate of drug-likeness (QED) is 0.528. The summed E-state index contributed by atoms with van der Waals surface area (Å²) < 4.78 is 0. The molecule has 4 bridgehead atoms. The zero-order valence-corrected chi connectivity index (χ0v) is 18.7. The highest BCUT2D eigenvalue weighted by Crippen LogP contribution is 2.53. The van der Waals surface area contributed by atoms with E-state index in [9.17, 15) is 0 Å². The summed E-state index contributed by atoms with van der Waals surface area (Å²) in [5, 5.41) is 8.34. The Balaban J connectivity index is 1.39. The monoisotopic (exact) mass is 422 g/mol. The van der Waals surface area contributed by atoms with Gasteiger partial charge in [0.1, 0.15) is 0 Å². The van der Waals surface area contributed by atoms with E-state index in [0.717, 1.165) is 24.3 Å². The van der Waals surface area contributed by atoms with E-state index in [1.807, 2.05) is 0 Å². The first-order valence-electron chi connectivity index (χ1n) is 12.5. The molecule has 6 atom stereocenters. The third kappa shape index (κ3) is 3.70. The van der Waals surface area contributed by atoms with Crippen molar-refractivity contribution in [2.24, 2.45) is 17.8 Å². The fourth-order valence-corrected chi connectivity index (χ4v) is 7.26. The van der Waals surface area contributed by atoms with Gasteiger partial charge in [-0.1, -0.05) is 104 Å². The first-order valence-corrected chi connectivity index (χ1v) is 12.5. The highest BCUT2D eigenvalue weighted by Gasteiger charge is 2.55. The van der Waals surface area contributed by atoms with Gasteiger partial charge in [-0.15, -0.1) is 0 Å². The van der Waals surface area contributed by atoms with E-state index in [4.69, 9.17) is 0 Å². The molecule has 3 fully saturated rings. The van der Waals surface area contributed by atoms with Crippen molar-refractivity contribution in [3.05, 3.63) is 108 Å². The van der Waals surface area contributed by atoms with Crippen LogP contribution in [-0.4, -0.2) is 18.1 Å². The number of hydrogen-bond donors (Lipinski definition) is 2. The molecule has 2 saturated carbocycles. The second-order valence-electron chi connectivity index (χ2n) is 10.2. The van der Waals surface area contributed by atoms with E-state index in [2.05, 4.69) is 102 Å². The molecule has 3 aliphatic rings. The van der Waals surface area contributed by atoms with Crippen molar-refractivity contribution < 1.29 is 0 Å².